The molecule has 0 saturated heterocycles. The third-order valence-electron chi connectivity index (χ3n) is 2.86. The molecule has 0 spiro atoms. The highest BCUT2D eigenvalue weighted by Gasteiger charge is 2.13. The Bertz CT molecular complexity index is 566. The molecule has 6 heteroatoms. The molecule has 0 radical (unpaired) electrons. The van der Waals surface area contributed by atoms with Crippen LogP contribution in [0.15, 0.2) is 0 Å². The maximum atomic E-state index is 5.35. The van der Waals surface area contributed by atoms with Gasteiger partial charge in [-0.25, -0.2) is 4.68 Å². The lowest BCUT2D eigenvalue weighted by Gasteiger charge is -2.05. The summed E-state index contributed by atoms with van der Waals surface area (Å²) in [5.41, 5.74) is 3.14. The standard InChI is InChI=1S/C11H18N4OS/c1-4-15-10-9(8(2)13-15)12-11(17)14(10)6-5-7-16-3/h4-7H2,1-3H3,(H,12,17). The highest BCUT2D eigenvalue weighted by molar-refractivity contribution is 7.71. The van der Waals surface area contributed by atoms with Crippen LogP contribution in [-0.2, 0) is 17.8 Å². The van der Waals surface area contributed by atoms with Crippen molar-refractivity contribution in [1.82, 2.24) is 19.3 Å². The molecule has 17 heavy (non-hydrogen) atoms. The minimum absolute atomic E-state index is 0.744. The van der Waals surface area contributed by atoms with Crippen LogP contribution in [0, 0.1) is 11.7 Å². The fourth-order valence-corrected chi connectivity index (χ4v) is 2.34. The maximum Gasteiger partial charge on any atom is 0.179 e. The Hall–Kier alpha value is -1.14. The average molecular weight is 254 g/mol. The lowest BCUT2D eigenvalue weighted by atomic mass is 10.4. The topological polar surface area (TPSA) is 47.8 Å². The van der Waals surface area contributed by atoms with E-state index in [1.165, 1.54) is 0 Å². The molecule has 2 heterocycles. The van der Waals surface area contributed by atoms with Gasteiger partial charge in [0.15, 0.2) is 10.4 Å². The van der Waals surface area contributed by atoms with Crippen LogP contribution in [-0.4, -0.2) is 33.0 Å². The first-order valence-electron chi connectivity index (χ1n) is 5.84. The van der Waals surface area contributed by atoms with Crippen LogP contribution < -0.4 is 0 Å². The summed E-state index contributed by atoms with van der Waals surface area (Å²) in [6.07, 6.45) is 0.950. The molecule has 0 aromatic carbocycles. The molecule has 0 fully saturated rings. The number of hydrogen-bond donors (Lipinski definition) is 1. The molecular weight excluding hydrogens is 236 g/mol. The van der Waals surface area contributed by atoms with Crippen molar-refractivity contribution in [2.75, 3.05) is 13.7 Å². The number of imidazole rings is 1. The molecule has 94 valence electrons. The minimum atomic E-state index is 0.744. The van der Waals surface area contributed by atoms with E-state index in [0.29, 0.717) is 0 Å². The summed E-state index contributed by atoms with van der Waals surface area (Å²) in [5, 5.41) is 4.49. The van der Waals surface area contributed by atoms with Crippen LogP contribution >= 0.6 is 12.2 Å². The maximum absolute atomic E-state index is 5.35. The van der Waals surface area contributed by atoms with E-state index < -0.39 is 0 Å². The second-order valence-corrected chi connectivity index (χ2v) is 4.41. The van der Waals surface area contributed by atoms with Crippen LogP contribution in [0.4, 0.5) is 0 Å². The lowest BCUT2D eigenvalue weighted by molar-refractivity contribution is 0.190. The van der Waals surface area contributed by atoms with Crippen molar-refractivity contribution in [1.29, 1.82) is 0 Å². The summed E-state index contributed by atoms with van der Waals surface area (Å²) in [5.74, 6) is 0. The second-order valence-electron chi connectivity index (χ2n) is 4.03. The lowest BCUT2D eigenvalue weighted by Crippen LogP contribution is -2.07. The van der Waals surface area contributed by atoms with Crippen molar-refractivity contribution < 1.29 is 4.74 Å². The third kappa shape index (κ3) is 2.14. The SMILES string of the molecule is CCn1nc(C)c2[nH]c(=S)n(CCCOC)c21. The molecule has 5 nitrogen and oxygen atoms in total. The van der Waals surface area contributed by atoms with E-state index in [4.69, 9.17) is 17.0 Å². The zero-order valence-corrected chi connectivity index (χ0v) is 11.3. The van der Waals surface area contributed by atoms with Gasteiger partial charge in [-0.2, -0.15) is 5.10 Å². The Morgan fingerprint density at radius 2 is 2.24 bits per heavy atom. The summed E-state index contributed by atoms with van der Waals surface area (Å²) in [7, 11) is 1.71. The predicted molar refractivity (Wildman–Crippen MR) is 69.8 cm³/mol. The predicted octanol–water partition coefficient (Wildman–Crippen LogP) is 2.26. The first kappa shape index (κ1) is 12.3. The molecule has 0 atom stereocenters. The van der Waals surface area contributed by atoms with Crippen molar-refractivity contribution in [3.8, 4) is 0 Å². The molecule has 0 aliphatic heterocycles. The van der Waals surface area contributed by atoms with Gasteiger partial charge in [-0.05, 0) is 32.5 Å². The average Bonchev–Trinajstić information content (AvgIpc) is 2.79. The number of hydrogen-bond acceptors (Lipinski definition) is 3. The number of fused-ring (bicyclic) bond motifs is 1. The number of ether oxygens (including phenoxy) is 1. The first-order valence-corrected chi connectivity index (χ1v) is 6.24. The quantitative estimate of drug-likeness (QED) is 0.657. The van der Waals surface area contributed by atoms with E-state index in [1.54, 1.807) is 7.11 Å². The molecule has 0 bridgehead atoms. The van der Waals surface area contributed by atoms with Gasteiger partial charge >= 0.3 is 0 Å². The summed E-state index contributed by atoms with van der Waals surface area (Å²) in [6, 6.07) is 0. The Kier molecular flexibility index (Phi) is 3.63. The number of H-pyrrole nitrogens is 1. The molecule has 0 unspecified atom stereocenters. The normalized spacial score (nSPS) is 11.5. The third-order valence-corrected chi connectivity index (χ3v) is 3.19. The molecule has 0 amide bonds. The molecular formula is C11H18N4OS. The van der Waals surface area contributed by atoms with Crippen molar-refractivity contribution >= 4 is 23.4 Å². The van der Waals surface area contributed by atoms with Crippen molar-refractivity contribution in [2.24, 2.45) is 0 Å². The van der Waals surface area contributed by atoms with Crippen molar-refractivity contribution in [3.63, 3.8) is 0 Å². The second kappa shape index (κ2) is 5.01. The van der Waals surface area contributed by atoms with Gasteiger partial charge in [0.25, 0.3) is 0 Å². The van der Waals surface area contributed by atoms with E-state index >= 15 is 0 Å². The number of aryl methyl sites for hydroxylation is 3. The van der Waals surface area contributed by atoms with Gasteiger partial charge in [0.2, 0.25) is 0 Å². The molecule has 0 aliphatic carbocycles. The Labute approximate surface area is 105 Å². The summed E-state index contributed by atoms with van der Waals surface area (Å²) in [4.78, 5) is 3.23. The molecule has 1 N–H and O–H groups in total. The van der Waals surface area contributed by atoms with E-state index in [-0.39, 0.29) is 0 Å². The number of aromatic nitrogens is 4. The molecule has 2 aromatic heterocycles. The Balaban J connectivity index is 2.45. The van der Waals surface area contributed by atoms with Crippen molar-refractivity contribution in [3.05, 3.63) is 10.5 Å². The van der Waals surface area contributed by atoms with Gasteiger partial charge in [-0.3, -0.25) is 0 Å². The van der Waals surface area contributed by atoms with Gasteiger partial charge in [0.05, 0.1) is 5.69 Å². The van der Waals surface area contributed by atoms with Gasteiger partial charge < -0.3 is 14.3 Å². The Morgan fingerprint density at radius 1 is 1.47 bits per heavy atom. The number of nitrogens with zero attached hydrogens (tertiary/aromatic N) is 3. The highest BCUT2D eigenvalue weighted by atomic mass is 32.1. The number of nitrogens with one attached hydrogen (secondary N) is 1. The van der Waals surface area contributed by atoms with Crippen LogP contribution in [0.25, 0.3) is 11.2 Å². The van der Waals surface area contributed by atoms with Gasteiger partial charge in [-0.1, -0.05) is 0 Å². The molecule has 0 aliphatic rings. The fourth-order valence-electron chi connectivity index (χ4n) is 2.06. The zero-order chi connectivity index (χ0) is 12.4. The Morgan fingerprint density at radius 3 is 2.88 bits per heavy atom. The number of methoxy groups -OCH3 is 1. The van der Waals surface area contributed by atoms with Gasteiger partial charge in [0, 0.05) is 26.8 Å². The van der Waals surface area contributed by atoms with E-state index in [0.717, 1.165) is 47.7 Å². The van der Waals surface area contributed by atoms with E-state index in [2.05, 4.69) is 21.6 Å². The molecule has 0 saturated carbocycles. The molecule has 2 rings (SSSR count). The van der Waals surface area contributed by atoms with Gasteiger partial charge in [-0.15, -0.1) is 0 Å². The number of rotatable bonds is 5. The summed E-state index contributed by atoms with van der Waals surface area (Å²) in [6.45, 7) is 6.54. The van der Waals surface area contributed by atoms with Gasteiger partial charge in [0.1, 0.15) is 5.52 Å². The van der Waals surface area contributed by atoms with Crippen molar-refractivity contribution in [2.45, 2.75) is 33.4 Å². The first-order chi connectivity index (χ1) is 8.19. The highest BCUT2D eigenvalue weighted by Crippen LogP contribution is 2.18. The zero-order valence-electron chi connectivity index (χ0n) is 10.5. The number of aromatic amines is 1. The minimum Gasteiger partial charge on any atom is -0.385 e. The monoisotopic (exact) mass is 254 g/mol. The molecule has 2 aromatic rings. The van der Waals surface area contributed by atoms with E-state index in [9.17, 15) is 0 Å². The largest absolute Gasteiger partial charge is 0.385 e. The smallest absolute Gasteiger partial charge is 0.179 e. The summed E-state index contributed by atoms with van der Waals surface area (Å²) < 4.78 is 9.93. The van der Waals surface area contributed by atoms with Crippen LogP contribution in [0.5, 0.6) is 0 Å². The fraction of sp³-hybridized carbons (Fsp3) is 0.636. The van der Waals surface area contributed by atoms with Crippen LogP contribution in [0.1, 0.15) is 19.0 Å². The van der Waals surface area contributed by atoms with E-state index in [1.807, 2.05) is 11.6 Å². The summed E-state index contributed by atoms with van der Waals surface area (Å²) >= 11 is 5.35. The van der Waals surface area contributed by atoms with Crippen LogP contribution in [0.3, 0.4) is 0 Å². The van der Waals surface area contributed by atoms with Crippen LogP contribution in [0.2, 0.25) is 0 Å².